The lowest BCUT2D eigenvalue weighted by molar-refractivity contribution is -0.132. The number of piperidine rings is 1. The van der Waals surface area contributed by atoms with E-state index in [9.17, 15) is 9.59 Å². The minimum atomic E-state index is 0.215. The Hall–Kier alpha value is -0.770. The van der Waals surface area contributed by atoms with E-state index in [0.29, 0.717) is 12.3 Å². The molecule has 0 bridgehead atoms. The van der Waals surface area contributed by atoms with Gasteiger partial charge in [0.2, 0.25) is 11.8 Å². The summed E-state index contributed by atoms with van der Waals surface area (Å²) in [5.41, 5.74) is 0. The molecular weight excluding hydrogens is 264 g/mol. The molecule has 2 rings (SSSR count). The number of carbonyl (C=O) groups excluding carboxylic acids is 2. The van der Waals surface area contributed by atoms with E-state index in [2.05, 4.69) is 5.32 Å². The van der Waals surface area contributed by atoms with Crippen LogP contribution in [0.2, 0.25) is 0 Å². The number of hydrogen-bond acceptors (Lipinski definition) is 2. The maximum absolute atomic E-state index is 11.9. The van der Waals surface area contributed by atoms with Gasteiger partial charge in [0.15, 0.2) is 0 Å². The van der Waals surface area contributed by atoms with Gasteiger partial charge < -0.3 is 10.2 Å². The number of halogens is 1. The second-order valence-corrected chi connectivity index (χ2v) is 5.96. The molecule has 1 saturated heterocycles. The smallest absolute Gasteiger partial charge is 0.223 e. The van der Waals surface area contributed by atoms with Crippen molar-refractivity contribution in [3.63, 3.8) is 0 Å². The summed E-state index contributed by atoms with van der Waals surface area (Å²) < 4.78 is 0. The van der Waals surface area contributed by atoms with Crippen LogP contribution < -0.4 is 5.32 Å². The van der Waals surface area contributed by atoms with Crippen LogP contribution in [0.1, 0.15) is 44.9 Å². The van der Waals surface area contributed by atoms with Crippen molar-refractivity contribution in [2.24, 2.45) is 5.92 Å². The fourth-order valence-electron chi connectivity index (χ4n) is 2.47. The highest BCUT2D eigenvalue weighted by Crippen LogP contribution is 2.29. The Morgan fingerprint density at radius 1 is 1.11 bits per heavy atom. The van der Waals surface area contributed by atoms with Gasteiger partial charge in [-0.05, 0) is 38.5 Å². The standard InChI is InChI=1S/C14H23ClN2O2/c15-8-2-1-3-13(18)17-9-6-12(7-10-17)16-14(19)11-4-5-11/h11-12H,1-10H2,(H,16,19). The topological polar surface area (TPSA) is 49.4 Å². The molecule has 1 aliphatic carbocycles. The number of amides is 2. The number of hydrogen-bond donors (Lipinski definition) is 1. The molecule has 108 valence electrons. The molecule has 0 aromatic heterocycles. The van der Waals surface area contributed by atoms with E-state index in [4.69, 9.17) is 11.6 Å². The molecule has 1 N–H and O–H groups in total. The van der Waals surface area contributed by atoms with E-state index in [-0.39, 0.29) is 23.8 Å². The molecule has 0 spiro atoms. The monoisotopic (exact) mass is 286 g/mol. The van der Waals surface area contributed by atoms with Gasteiger partial charge in [-0.1, -0.05) is 0 Å². The van der Waals surface area contributed by atoms with E-state index in [1.54, 1.807) is 0 Å². The highest BCUT2D eigenvalue weighted by Gasteiger charge is 2.32. The lowest BCUT2D eigenvalue weighted by atomic mass is 10.0. The van der Waals surface area contributed by atoms with Crippen LogP contribution in [-0.2, 0) is 9.59 Å². The second kappa shape index (κ2) is 7.13. The summed E-state index contributed by atoms with van der Waals surface area (Å²) in [6.07, 6.45) is 6.25. The largest absolute Gasteiger partial charge is 0.353 e. The number of carbonyl (C=O) groups is 2. The summed E-state index contributed by atoms with van der Waals surface area (Å²) in [6.45, 7) is 1.55. The summed E-state index contributed by atoms with van der Waals surface area (Å²) in [4.78, 5) is 25.5. The van der Waals surface area contributed by atoms with Gasteiger partial charge in [0.25, 0.3) is 0 Å². The molecule has 1 saturated carbocycles. The lowest BCUT2D eigenvalue weighted by Crippen LogP contribution is -2.46. The van der Waals surface area contributed by atoms with E-state index in [1.165, 1.54) is 0 Å². The average Bonchev–Trinajstić information content (AvgIpc) is 3.24. The van der Waals surface area contributed by atoms with Crippen molar-refractivity contribution in [1.82, 2.24) is 10.2 Å². The Morgan fingerprint density at radius 2 is 1.79 bits per heavy atom. The molecule has 1 aliphatic heterocycles. The van der Waals surface area contributed by atoms with Gasteiger partial charge in [0, 0.05) is 37.4 Å². The van der Waals surface area contributed by atoms with Crippen molar-refractivity contribution in [2.75, 3.05) is 19.0 Å². The van der Waals surface area contributed by atoms with Crippen molar-refractivity contribution in [3.05, 3.63) is 0 Å². The molecule has 1 heterocycles. The summed E-state index contributed by atoms with van der Waals surface area (Å²) in [5.74, 6) is 1.35. The third-order valence-corrected chi connectivity index (χ3v) is 4.18. The summed E-state index contributed by atoms with van der Waals surface area (Å²) in [6, 6.07) is 0.264. The maximum atomic E-state index is 11.9. The lowest BCUT2D eigenvalue weighted by Gasteiger charge is -2.32. The quantitative estimate of drug-likeness (QED) is 0.599. The Labute approximate surface area is 119 Å². The van der Waals surface area contributed by atoms with Crippen LogP contribution in [0.3, 0.4) is 0 Å². The molecule has 2 aliphatic rings. The maximum Gasteiger partial charge on any atom is 0.223 e. The van der Waals surface area contributed by atoms with E-state index < -0.39 is 0 Å². The van der Waals surface area contributed by atoms with Crippen LogP contribution in [-0.4, -0.2) is 41.7 Å². The molecule has 0 aromatic carbocycles. The zero-order valence-electron chi connectivity index (χ0n) is 11.4. The van der Waals surface area contributed by atoms with Gasteiger partial charge in [0.1, 0.15) is 0 Å². The molecule has 2 fully saturated rings. The number of rotatable bonds is 6. The van der Waals surface area contributed by atoms with Gasteiger partial charge in [-0.2, -0.15) is 0 Å². The Bertz CT molecular complexity index is 323. The normalized spacial score (nSPS) is 20.4. The first-order valence-electron chi connectivity index (χ1n) is 7.35. The van der Waals surface area contributed by atoms with Gasteiger partial charge in [0.05, 0.1) is 0 Å². The van der Waals surface area contributed by atoms with Gasteiger partial charge >= 0.3 is 0 Å². The van der Waals surface area contributed by atoms with Crippen molar-refractivity contribution in [1.29, 1.82) is 0 Å². The number of alkyl halides is 1. The first-order chi connectivity index (χ1) is 9.20. The molecule has 5 heteroatoms. The Balaban J connectivity index is 1.63. The van der Waals surface area contributed by atoms with E-state index in [1.807, 2.05) is 4.90 Å². The number of unbranched alkanes of at least 4 members (excludes halogenated alkanes) is 1. The SMILES string of the molecule is O=C(NC1CCN(C(=O)CCCCCl)CC1)C1CC1. The fraction of sp³-hybridized carbons (Fsp3) is 0.857. The minimum absolute atomic E-state index is 0.215. The summed E-state index contributed by atoms with van der Waals surface area (Å²) in [7, 11) is 0. The summed E-state index contributed by atoms with van der Waals surface area (Å²) >= 11 is 5.60. The highest BCUT2D eigenvalue weighted by atomic mass is 35.5. The molecule has 0 unspecified atom stereocenters. The first-order valence-corrected chi connectivity index (χ1v) is 7.88. The molecule has 4 nitrogen and oxygen atoms in total. The van der Waals surface area contributed by atoms with Crippen LogP contribution >= 0.6 is 11.6 Å². The third-order valence-electron chi connectivity index (χ3n) is 3.92. The van der Waals surface area contributed by atoms with E-state index in [0.717, 1.165) is 51.6 Å². The zero-order chi connectivity index (χ0) is 13.7. The second-order valence-electron chi connectivity index (χ2n) is 5.58. The highest BCUT2D eigenvalue weighted by molar-refractivity contribution is 6.17. The van der Waals surface area contributed by atoms with Crippen LogP contribution in [0.4, 0.5) is 0 Å². The third kappa shape index (κ3) is 4.68. The van der Waals surface area contributed by atoms with Crippen LogP contribution in [0.25, 0.3) is 0 Å². The van der Waals surface area contributed by atoms with Gasteiger partial charge in [-0.15, -0.1) is 11.6 Å². The summed E-state index contributed by atoms with van der Waals surface area (Å²) in [5, 5.41) is 3.10. The van der Waals surface area contributed by atoms with E-state index >= 15 is 0 Å². The molecule has 19 heavy (non-hydrogen) atoms. The fourth-order valence-corrected chi connectivity index (χ4v) is 2.66. The zero-order valence-corrected chi connectivity index (χ0v) is 12.1. The van der Waals surface area contributed by atoms with Crippen LogP contribution in [0.5, 0.6) is 0 Å². The van der Waals surface area contributed by atoms with Crippen molar-refractivity contribution < 1.29 is 9.59 Å². The van der Waals surface area contributed by atoms with Gasteiger partial charge in [-0.25, -0.2) is 0 Å². The molecule has 2 amide bonds. The molecule has 0 atom stereocenters. The number of likely N-dealkylation sites (tertiary alicyclic amines) is 1. The predicted octanol–water partition coefficient (Wildman–Crippen LogP) is 1.91. The number of nitrogens with one attached hydrogen (secondary N) is 1. The van der Waals surface area contributed by atoms with Crippen molar-refractivity contribution >= 4 is 23.4 Å². The van der Waals surface area contributed by atoms with Crippen molar-refractivity contribution in [2.45, 2.75) is 51.0 Å². The predicted molar refractivity (Wildman–Crippen MR) is 75.0 cm³/mol. The minimum Gasteiger partial charge on any atom is -0.353 e. The average molecular weight is 287 g/mol. The number of nitrogens with zero attached hydrogens (tertiary/aromatic N) is 1. The van der Waals surface area contributed by atoms with Gasteiger partial charge in [-0.3, -0.25) is 9.59 Å². The molecule has 0 aromatic rings. The van der Waals surface area contributed by atoms with Crippen molar-refractivity contribution in [3.8, 4) is 0 Å². The van der Waals surface area contributed by atoms with Crippen LogP contribution in [0, 0.1) is 5.92 Å². The Morgan fingerprint density at radius 3 is 2.37 bits per heavy atom. The molecular formula is C14H23ClN2O2. The molecule has 0 radical (unpaired) electrons. The first kappa shape index (κ1) is 14.6. The van der Waals surface area contributed by atoms with Crippen LogP contribution in [0.15, 0.2) is 0 Å². The Kier molecular flexibility index (Phi) is 5.49.